The van der Waals surface area contributed by atoms with Crippen LogP contribution < -0.4 is 5.32 Å². The minimum absolute atomic E-state index is 0.199. The van der Waals surface area contributed by atoms with Gasteiger partial charge in [0.15, 0.2) is 0 Å². The van der Waals surface area contributed by atoms with Crippen molar-refractivity contribution in [2.75, 3.05) is 0 Å². The predicted octanol–water partition coefficient (Wildman–Crippen LogP) is 0.615. The number of hydrogen-bond acceptors (Lipinski definition) is 5. The SMILES string of the molecule is O=C(O)CC1C=CCC(NC(=O)Cc2cccs2)B(O)O1. The number of rotatable bonds is 5. The Hall–Kier alpha value is -1.64. The Kier molecular flexibility index (Phi) is 5.55. The average Bonchev–Trinajstić information content (AvgIpc) is 2.83. The molecule has 1 aromatic heterocycles. The van der Waals surface area contributed by atoms with E-state index in [1.54, 1.807) is 12.2 Å². The van der Waals surface area contributed by atoms with E-state index in [0.717, 1.165) is 4.88 Å². The number of thiophene rings is 1. The molecule has 2 atom stereocenters. The van der Waals surface area contributed by atoms with Crippen molar-refractivity contribution in [3.8, 4) is 0 Å². The van der Waals surface area contributed by atoms with Crippen LogP contribution in [0.15, 0.2) is 29.7 Å². The van der Waals surface area contributed by atoms with Crippen LogP contribution in [-0.4, -0.2) is 41.2 Å². The molecule has 0 aromatic carbocycles. The summed E-state index contributed by atoms with van der Waals surface area (Å²) in [4.78, 5) is 23.5. The molecule has 1 aliphatic heterocycles. The van der Waals surface area contributed by atoms with E-state index in [1.165, 1.54) is 11.3 Å². The molecule has 0 bridgehead atoms. The first-order chi connectivity index (χ1) is 10.0. The fourth-order valence-corrected chi connectivity index (χ4v) is 2.76. The molecule has 21 heavy (non-hydrogen) atoms. The van der Waals surface area contributed by atoms with Crippen LogP contribution in [0.4, 0.5) is 0 Å². The monoisotopic (exact) mass is 309 g/mol. The fourth-order valence-electron chi connectivity index (χ4n) is 2.06. The fraction of sp³-hybridized carbons (Fsp3) is 0.385. The molecule has 3 N–H and O–H groups in total. The molecule has 0 fully saturated rings. The third-order valence-corrected chi connectivity index (χ3v) is 3.91. The summed E-state index contributed by atoms with van der Waals surface area (Å²) in [5.74, 6) is -1.78. The molecule has 2 unspecified atom stereocenters. The van der Waals surface area contributed by atoms with E-state index in [-0.39, 0.29) is 18.7 Å². The van der Waals surface area contributed by atoms with E-state index in [9.17, 15) is 14.6 Å². The van der Waals surface area contributed by atoms with Crippen molar-refractivity contribution in [1.82, 2.24) is 5.32 Å². The van der Waals surface area contributed by atoms with Gasteiger partial charge in [0.25, 0.3) is 0 Å². The molecule has 0 spiro atoms. The number of hydrogen-bond donors (Lipinski definition) is 3. The van der Waals surface area contributed by atoms with Crippen molar-refractivity contribution in [2.24, 2.45) is 0 Å². The molecule has 0 aliphatic carbocycles. The van der Waals surface area contributed by atoms with Gasteiger partial charge in [-0.05, 0) is 17.9 Å². The predicted molar refractivity (Wildman–Crippen MR) is 78.8 cm³/mol. The second kappa shape index (κ2) is 7.40. The van der Waals surface area contributed by atoms with Gasteiger partial charge in [-0.15, -0.1) is 11.3 Å². The van der Waals surface area contributed by atoms with Crippen LogP contribution in [0.25, 0.3) is 0 Å². The number of nitrogens with one attached hydrogen (secondary N) is 1. The summed E-state index contributed by atoms with van der Waals surface area (Å²) >= 11 is 1.49. The largest absolute Gasteiger partial charge is 0.481 e. The van der Waals surface area contributed by atoms with Crippen molar-refractivity contribution < 1.29 is 24.4 Å². The number of carbonyl (C=O) groups is 2. The van der Waals surface area contributed by atoms with Crippen molar-refractivity contribution in [2.45, 2.75) is 31.3 Å². The van der Waals surface area contributed by atoms with Gasteiger partial charge in [0.05, 0.1) is 24.9 Å². The number of carboxylic acid groups (broad SMARTS) is 1. The zero-order valence-electron chi connectivity index (χ0n) is 11.3. The second-order valence-electron chi connectivity index (χ2n) is 4.76. The first-order valence-corrected chi connectivity index (χ1v) is 7.46. The topological polar surface area (TPSA) is 95.9 Å². The minimum atomic E-state index is -1.23. The summed E-state index contributed by atoms with van der Waals surface area (Å²) in [6.45, 7) is 0. The van der Waals surface area contributed by atoms with Crippen LogP contribution >= 0.6 is 11.3 Å². The Balaban J connectivity index is 1.87. The molecule has 2 heterocycles. The number of carboxylic acids is 1. The van der Waals surface area contributed by atoms with E-state index >= 15 is 0 Å². The first-order valence-electron chi connectivity index (χ1n) is 6.58. The molecular formula is C13H16BNO5S. The highest BCUT2D eigenvalue weighted by Crippen LogP contribution is 2.13. The van der Waals surface area contributed by atoms with E-state index in [2.05, 4.69) is 5.32 Å². The Morgan fingerprint density at radius 2 is 2.33 bits per heavy atom. The van der Waals surface area contributed by atoms with Crippen LogP contribution in [0, 0.1) is 0 Å². The zero-order valence-corrected chi connectivity index (χ0v) is 12.1. The summed E-state index contributed by atoms with van der Waals surface area (Å²) in [6, 6.07) is 3.74. The molecular weight excluding hydrogens is 293 g/mol. The maximum atomic E-state index is 11.9. The van der Waals surface area contributed by atoms with Gasteiger partial charge in [-0.3, -0.25) is 9.59 Å². The number of carbonyl (C=O) groups excluding carboxylic acids is 1. The summed E-state index contributed by atoms with van der Waals surface area (Å²) < 4.78 is 5.25. The van der Waals surface area contributed by atoms with E-state index in [4.69, 9.17) is 9.76 Å². The summed E-state index contributed by atoms with van der Waals surface area (Å²) in [5.41, 5.74) is 0. The van der Waals surface area contributed by atoms with Crippen LogP contribution in [0.5, 0.6) is 0 Å². The quantitative estimate of drug-likeness (QED) is 0.547. The molecule has 6 nitrogen and oxygen atoms in total. The summed E-state index contributed by atoms with van der Waals surface area (Å²) in [7, 11) is -1.23. The van der Waals surface area contributed by atoms with Gasteiger partial charge in [0.1, 0.15) is 0 Å². The summed E-state index contributed by atoms with van der Waals surface area (Å²) in [6.07, 6.45) is 3.07. The van der Waals surface area contributed by atoms with Crippen molar-refractivity contribution in [3.05, 3.63) is 34.5 Å². The van der Waals surface area contributed by atoms with Crippen LogP contribution in [0.2, 0.25) is 0 Å². The molecule has 1 aromatic rings. The molecule has 8 heteroatoms. The number of aliphatic carboxylic acids is 1. The molecule has 0 saturated heterocycles. The lowest BCUT2D eigenvalue weighted by atomic mass is 9.77. The molecule has 0 saturated carbocycles. The van der Waals surface area contributed by atoms with Gasteiger partial charge in [0, 0.05) is 4.88 Å². The minimum Gasteiger partial charge on any atom is -0.481 e. The molecule has 0 radical (unpaired) electrons. The maximum Gasteiger partial charge on any atom is 0.478 e. The molecule has 112 valence electrons. The molecule has 1 amide bonds. The van der Waals surface area contributed by atoms with Gasteiger partial charge in [-0.2, -0.15) is 0 Å². The normalized spacial score (nSPS) is 21.9. The van der Waals surface area contributed by atoms with Gasteiger partial charge >= 0.3 is 13.1 Å². The molecule has 1 aliphatic rings. The van der Waals surface area contributed by atoms with E-state index in [0.29, 0.717) is 6.42 Å². The second-order valence-corrected chi connectivity index (χ2v) is 5.79. The highest BCUT2D eigenvalue weighted by Gasteiger charge is 2.32. The lowest BCUT2D eigenvalue weighted by Crippen LogP contribution is -2.48. The Morgan fingerprint density at radius 1 is 1.52 bits per heavy atom. The van der Waals surface area contributed by atoms with E-state index in [1.807, 2.05) is 17.5 Å². The molecule has 2 rings (SSSR count). The van der Waals surface area contributed by atoms with Crippen LogP contribution in [0.1, 0.15) is 17.7 Å². The summed E-state index contributed by atoms with van der Waals surface area (Å²) in [5, 5.41) is 23.3. The Labute approximate surface area is 126 Å². The standard InChI is InChI=1S/C13H16BNO5S/c16-12(8-10-4-2-6-21-10)15-11-5-1-3-9(7-13(17)18)20-14(11)19/h1-4,6,9,11,19H,5,7-8H2,(H,15,16)(H,17,18). The smallest absolute Gasteiger partial charge is 0.478 e. The third kappa shape index (κ3) is 5.00. The van der Waals surface area contributed by atoms with E-state index < -0.39 is 25.1 Å². The van der Waals surface area contributed by atoms with Gasteiger partial charge in [-0.25, -0.2) is 0 Å². The van der Waals surface area contributed by atoms with Gasteiger partial charge in [0.2, 0.25) is 5.91 Å². The lowest BCUT2D eigenvalue weighted by molar-refractivity contribution is -0.138. The van der Waals surface area contributed by atoms with Crippen LogP contribution in [0.3, 0.4) is 0 Å². The van der Waals surface area contributed by atoms with Crippen molar-refractivity contribution in [1.29, 1.82) is 0 Å². The highest BCUT2D eigenvalue weighted by molar-refractivity contribution is 7.10. The first kappa shape index (κ1) is 15.7. The Bertz CT molecular complexity index is 519. The van der Waals surface area contributed by atoms with Crippen molar-refractivity contribution in [3.63, 3.8) is 0 Å². The van der Waals surface area contributed by atoms with Gasteiger partial charge < -0.3 is 20.1 Å². The number of amides is 1. The Morgan fingerprint density at radius 3 is 3.00 bits per heavy atom. The average molecular weight is 309 g/mol. The lowest BCUT2D eigenvalue weighted by Gasteiger charge is -2.20. The highest BCUT2D eigenvalue weighted by atomic mass is 32.1. The maximum absolute atomic E-state index is 11.9. The zero-order chi connectivity index (χ0) is 15.2. The van der Waals surface area contributed by atoms with Crippen LogP contribution in [-0.2, 0) is 20.7 Å². The third-order valence-electron chi connectivity index (χ3n) is 3.04. The van der Waals surface area contributed by atoms with Gasteiger partial charge in [-0.1, -0.05) is 18.2 Å². The van der Waals surface area contributed by atoms with Crippen molar-refractivity contribution >= 4 is 30.3 Å².